The van der Waals surface area contributed by atoms with E-state index in [1.165, 1.54) is 41.7 Å². The van der Waals surface area contributed by atoms with Crippen LogP contribution in [0, 0.1) is 0 Å². The molecule has 0 spiro atoms. The van der Waals surface area contributed by atoms with Crippen molar-refractivity contribution in [3.63, 3.8) is 0 Å². The molecule has 0 radical (unpaired) electrons. The molecule has 0 aliphatic rings. The highest BCUT2D eigenvalue weighted by molar-refractivity contribution is 7.25. The highest BCUT2D eigenvalue weighted by Crippen LogP contribution is 2.45. The molecular formula is C64H36N2O2S. The zero-order valence-electron chi connectivity index (χ0n) is 36.9. The molecule has 11 aromatic carbocycles. The largest absolute Gasteiger partial charge is 0.456 e. The minimum absolute atomic E-state index is 0.673. The molecule has 4 heterocycles. The van der Waals surface area contributed by atoms with Crippen LogP contribution in [-0.2, 0) is 0 Å². The fraction of sp³-hybridized carbons (Fsp3) is 0. The van der Waals surface area contributed by atoms with Gasteiger partial charge in [0.2, 0.25) is 0 Å². The molecule has 15 rings (SSSR count). The van der Waals surface area contributed by atoms with Crippen LogP contribution in [0.2, 0.25) is 0 Å². The third-order valence-electron chi connectivity index (χ3n) is 14.0. The smallest absolute Gasteiger partial charge is 0.160 e. The maximum atomic E-state index is 6.67. The van der Waals surface area contributed by atoms with Gasteiger partial charge in [0.25, 0.3) is 0 Å². The van der Waals surface area contributed by atoms with Crippen molar-refractivity contribution >= 4 is 96.9 Å². The third-order valence-corrected chi connectivity index (χ3v) is 15.2. The average molecular weight is 897 g/mol. The van der Waals surface area contributed by atoms with E-state index in [0.717, 1.165) is 105 Å². The quantitative estimate of drug-likeness (QED) is 0.156. The van der Waals surface area contributed by atoms with E-state index in [0.29, 0.717) is 5.82 Å². The number of hydrogen-bond acceptors (Lipinski definition) is 5. The van der Waals surface area contributed by atoms with Gasteiger partial charge in [-0.05, 0) is 140 Å². The Morgan fingerprint density at radius 3 is 1.62 bits per heavy atom. The van der Waals surface area contributed by atoms with E-state index in [4.69, 9.17) is 18.8 Å². The standard InChI is InChI=1S/C64H36N2O2S/c1-2-11-37(12-3-1)42-29-43(31-44(30-42)40-25-27-49-48-15-6-8-18-56(48)67-58(49)34-40)38-21-23-39(24-22-38)54-36-55(66-64(65-54)41-26-28-61-52(32-41)50-16-7-9-20-60(50)69-61)45-33-53-47-14-5-4-13-46(47)51-17-10-19-57-62(51)63(53)59(35-45)68-57/h1-36H. The van der Waals surface area contributed by atoms with Gasteiger partial charge in [-0.1, -0.05) is 133 Å². The SMILES string of the molecule is c1ccc(-c2cc(-c3ccc(-c4cc(-c5cc6oc7cccc8c9ccccc9c(c5)c6c78)nc(-c5ccc6sc7ccccc7c6c5)n4)cc3)cc(-c3ccc4c(c3)oc3ccccc34)c2)cc1. The van der Waals surface area contributed by atoms with E-state index >= 15 is 0 Å². The van der Waals surface area contributed by atoms with Crippen LogP contribution in [0.5, 0.6) is 0 Å². The Labute approximate surface area is 399 Å². The van der Waals surface area contributed by atoms with Crippen LogP contribution in [-0.4, -0.2) is 9.97 Å². The zero-order valence-corrected chi connectivity index (χ0v) is 37.7. The first-order chi connectivity index (χ1) is 34.1. The Hall–Kier alpha value is -8.90. The van der Waals surface area contributed by atoms with Crippen LogP contribution in [0.3, 0.4) is 0 Å². The first-order valence-corrected chi connectivity index (χ1v) is 24.1. The normalized spacial score (nSPS) is 12.1. The second-order valence-electron chi connectivity index (χ2n) is 18.0. The lowest BCUT2D eigenvalue weighted by Crippen LogP contribution is -1.96. The second kappa shape index (κ2) is 14.8. The van der Waals surface area contributed by atoms with Crippen molar-refractivity contribution in [3.05, 3.63) is 218 Å². The van der Waals surface area contributed by atoms with Crippen LogP contribution >= 0.6 is 11.3 Å². The van der Waals surface area contributed by atoms with Gasteiger partial charge in [-0.25, -0.2) is 9.97 Å². The molecule has 0 N–H and O–H groups in total. The number of thiophene rings is 1. The van der Waals surface area contributed by atoms with E-state index in [1.54, 1.807) is 0 Å². The van der Waals surface area contributed by atoms with Crippen LogP contribution in [0.25, 0.3) is 153 Å². The Morgan fingerprint density at radius 2 is 0.797 bits per heavy atom. The fourth-order valence-electron chi connectivity index (χ4n) is 10.7. The zero-order chi connectivity index (χ0) is 45.2. The average Bonchev–Trinajstić information content (AvgIpc) is 4.11. The molecule has 69 heavy (non-hydrogen) atoms. The van der Waals surface area contributed by atoms with E-state index in [1.807, 2.05) is 23.5 Å². The predicted molar refractivity (Wildman–Crippen MR) is 288 cm³/mol. The summed E-state index contributed by atoms with van der Waals surface area (Å²) < 4.78 is 15.5. The van der Waals surface area contributed by atoms with Gasteiger partial charge in [-0.3, -0.25) is 0 Å². The number of rotatable bonds is 6. The van der Waals surface area contributed by atoms with Gasteiger partial charge in [0.1, 0.15) is 22.3 Å². The van der Waals surface area contributed by atoms with Crippen molar-refractivity contribution < 1.29 is 8.83 Å². The molecule has 0 saturated carbocycles. The van der Waals surface area contributed by atoms with Crippen molar-refractivity contribution in [2.75, 3.05) is 0 Å². The highest BCUT2D eigenvalue weighted by atomic mass is 32.1. The lowest BCUT2D eigenvalue weighted by molar-refractivity contribution is 0.669. The molecule has 0 bridgehead atoms. The van der Waals surface area contributed by atoms with Crippen LogP contribution in [0.15, 0.2) is 227 Å². The maximum Gasteiger partial charge on any atom is 0.160 e. The molecular weight excluding hydrogens is 861 g/mol. The van der Waals surface area contributed by atoms with Gasteiger partial charge in [0.05, 0.1) is 11.4 Å². The maximum absolute atomic E-state index is 6.67. The predicted octanol–water partition coefficient (Wildman–Crippen LogP) is 18.4. The summed E-state index contributed by atoms with van der Waals surface area (Å²) in [6.07, 6.45) is 0. The van der Waals surface area contributed by atoms with Crippen molar-refractivity contribution in [3.8, 4) is 67.3 Å². The van der Waals surface area contributed by atoms with Crippen molar-refractivity contribution in [2.45, 2.75) is 0 Å². The molecule has 0 amide bonds. The molecule has 0 saturated heterocycles. The number of benzene rings is 11. The molecule has 4 aromatic heterocycles. The molecule has 4 nitrogen and oxygen atoms in total. The van der Waals surface area contributed by atoms with Gasteiger partial charge >= 0.3 is 0 Å². The molecule has 0 fully saturated rings. The van der Waals surface area contributed by atoms with Crippen molar-refractivity contribution in [1.82, 2.24) is 9.97 Å². The number of nitrogens with zero attached hydrogens (tertiary/aromatic N) is 2. The van der Waals surface area contributed by atoms with Crippen molar-refractivity contribution in [1.29, 1.82) is 0 Å². The van der Waals surface area contributed by atoms with Gasteiger partial charge in [-0.2, -0.15) is 0 Å². The summed E-state index contributed by atoms with van der Waals surface area (Å²) in [5, 5.41) is 11.8. The third kappa shape index (κ3) is 6.07. The second-order valence-corrected chi connectivity index (χ2v) is 19.1. The van der Waals surface area contributed by atoms with Crippen LogP contribution in [0.4, 0.5) is 0 Å². The van der Waals surface area contributed by atoms with Crippen LogP contribution in [0.1, 0.15) is 0 Å². The van der Waals surface area contributed by atoms with Crippen LogP contribution < -0.4 is 0 Å². The Morgan fingerprint density at radius 1 is 0.261 bits per heavy atom. The molecule has 320 valence electrons. The van der Waals surface area contributed by atoms with Gasteiger partial charge in [-0.15, -0.1) is 11.3 Å². The fourth-order valence-corrected chi connectivity index (χ4v) is 11.8. The molecule has 15 aromatic rings. The van der Waals surface area contributed by atoms with E-state index in [2.05, 4.69) is 206 Å². The molecule has 5 heteroatoms. The summed E-state index contributed by atoms with van der Waals surface area (Å²) in [4.78, 5) is 10.8. The van der Waals surface area contributed by atoms with Gasteiger partial charge < -0.3 is 8.83 Å². The van der Waals surface area contributed by atoms with E-state index < -0.39 is 0 Å². The minimum atomic E-state index is 0.673. The summed E-state index contributed by atoms with van der Waals surface area (Å²) in [6, 6.07) is 78.0. The number of aromatic nitrogens is 2. The number of furan rings is 2. The Balaban J connectivity index is 0.889. The summed E-state index contributed by atoms with van der Waals surface area (Å²) >= 11 is 1.82. The first-order valence-electron chi connectivity index (χ1n) is 23.3. The first kappa shape index (κ1) is 38.2. The molecule has 0 atom stereocenters. The Kier molecular flexibility index (Phi) is 8.20. The molecule has 0 aliphatic heterocycles. The topological polar surface area (TPSA) is 52.1 Å². The lowest BCUT2D eigenvalue weighted by atomic mass is 9.92. The summed E-state index contributed by atoms with van der Waals surface area (Å²) in [5.74, 6) is 0.673. The number of fused-ring (bicyclic) bond motifs is 9. The summed E-state index contributed by atoms with van der Waals surface area (Å²) in [5.41, 5.74) is 14.9. The minimum Gasteiger partial charge on any atom is -0.456 e. The molecule has 0 aliphatic carbocycles. The lowest BCUT2D eigenvalue weighted by Gasteiger charge is -2.13. The van der Waals surface area contributed by atoms with Gasteiger partial charge in [0, 0.05) is 58.4 Å². The van der Waals surface area contributed by atoms with Gasteiger partial charge in [0.15, 0.2) is 5.82 Å². The summed E-state index contributed by atoms with van der Waals surface area (Å²) in [6.45, 7) is 0. The van der Waals surface area contributed by atoms with E-state index in [-0.39, 0.29) is 0 Å². The monoisotopic (exact) mass is 896 g/mol. The Bertz CT molecular complexity index is 4540. The summed E-state index contributed by atoms with van der Waals surface area (Å²) in [7, 11) is 0. The molecule has 0 unspecified atom stereocenters. The highest BCUT2D eigenvalue weighted by Gasteiger charge is 2.21. The van der Waals surface area contributed by atoms with Crippen molar-refractivity contribution in [2.24, 2.45) is 0 Å². The number of hydrogen-bond donors (Lipinski definition) is 0. The van der Waals surface area contributed by atoms with E-state index in [9.17, 15) is 0 Å². The number of para-hydroxylation sites is 1.